The fraction of sp³-hybridized carbons (Fsp3) is 0.571. The van der Waals surface area contributed by atoms with Gasteiger partial charge in [-0.3, -0.25) is 0 Å². The normalized spacial score (nSPS) is 26.0. The Hall–Kier alpha value is -1.11. The summed E-state index contributed by atoms with van der Waals surface area (Å²) < 4.78 is 32.8. The maximum absolute atomic E-state index is 12.3. The van der Waals surface area contributed by atoms with Gasteiger partial charge in [-0.1, -0.05) is 18.2 Å². The number of fused-ring (bicyclic) bond motifs is 1. The molecule has 1 fully saturated rings. The molecule has 2 heterocycles. The minimum absolute atomic E-state index is 0.193. The van der Waals surface area contributed by atoms with Crippen molar-refractivity contribution in [2.45, 2.75) is 18.9 Å². The molecule has 0 aromatic heterocycles. The summed E-state index contributed by atoms with van der Waals surface area (Å²) in [7, 11) is -3.28. The second-order valence-electron chi connectivity index (χ2n) is 5.51. The number of hydrogen-bond donors (Lipinski definition) is 2. The molecule has 3 rings (SSSR count). The van der Waals surface area contributed by atoms with E-state index in [1.54, 1.807) is 0 Å². The second-order valence-corrected chi connectivity index (χ2v) is 7.31. The van der Waals surface area contributed by atoms with E-state index in [4.69, 9.17) is 4.74 Å². The van der Waals surface area contributed by atoms with Crippen molar-refractivity contribution in [1.29, 1.82) is 0 Å². The average molecular weight is 296 g/mol. The summed E-state index contributed by atoms with van der Waals surface area (Å²) in [6, 6.07) is 7.32. The highest BCUT2D eigenvalue weighted by atomic mass is 32.2. The summed E-state index contributed by atoms with van der Waals surface area (Å²) in [6.45, 7) is 2.16. The first-order chi connectivity index (χ1) is 9.64. The van der Waals surface area contributed by atoms with E-state index in [1.807, 2.05) is 24.3 Å². The Morgan fingerprint density at radius 1 is 1.35 bits per heavy atom. The molecule has 2 unspecified atom stereocenters. The molecule has 0 aliphatic carbocycles. The van der Waals surface area contributed by atoms with E-state index in [9.17, 15) is 8.42 Å². The van der Waals surface area contributed by atoms with Crippen LogP contribution < -0.4 is 14.8 Å². The Balaban J connectivity index is 1.65. The maximum Gasteiger partial charge on any atom is 0.212 e. The molecule has 0 saturated carbocycles. The van der Waals surface area contributed by atoms with Gasteiger partial charge in [0.05, 0.1) is 11.8 Å². The molecular weight excluding hydrogens is 276 g/mol. The fourth-order valence-electron chi connectivity index (χ4n) is 2.90. The summed E-state index contributed by atoms with van der Waals surface area (Å²) in [6.07, 6.45) is 2.03. The van der Waals surface area contributed by atoms with Crippen molar-refractivity contribution in [1.82, 2.24) is 10.0 Å². The molecule has 2 aliphatic heterocycles. The molecule has 6 heteroatoms. The van der Waals surface area contributed by atoms with Crippen LogP contribution in [0, 0.1) is 5.92 Å². The van der Waals surface area contributed by atoms with Gasteiger partial charge in [-0.2, -0.15) is 0 Å². The monoisotopic (exact) mass is 296 g/mol. The lowest BCUT2D eigenvalue weighted by molar-refractivity contribution is 0.324. The lowest BCUT2D eigenvalue weighted by Crippen LogP contribution is -2.39. The highest BCUT2D eigenvalue weighted by Crippen LogP contribution is 2.32. The van der Waals surface area contributed by atoms with Crippen LogP contribution in [0.25, 0.3) is 0 Å². The molecular formula is C14H20N2O3S. The van der Waals surface area contributed by atoms with Crippen LogP contribution in [0.15, 0.2) is 24.3 Å². The molecule has 0 spiro atoms. The Kier molecular flexibility index (Phi) is 3.96. The summed E-state index contributed by atoms with van der Waals surface area (Å²) in [5.74, 6) is 1.18. The number of ether oxygens (including phenoxy) is 1. The van der Waals surface area contributed by atoms with Crippen molar-refractivity contribution in [2.75, 3.05) is 25.4 Å². The number of rotatable bonds is 4. The van der Waals surface area contributed by atoms with Crippen LogP contribution in [-0.4, -0.2) is 33.9 Å². The third kappa shape index (κ3) is 3.13. The quantitative estimate of drug-likeness (QED) is 0.871. The van der Waals surface area contributed by atoms with E-state index in [0.717, 1.165) is 37.2 Å². The molecule has 110 valence electrons. The topological polar surface area (TPSA) is 67.4 Å². The maximum atomic E-state index is 12.3. The van der Waals surface area contributed by atoms with Crippen molar-refractivity contribution >= 4 is 10.0 Å². The molecule has 0 radical (unpaired) electrons. The van der Waals surface area contributed by atoms with E-state index >= 15 is 0 Å². The molecule has 5 nitrogen and oxygen atoms in total. The Morgan fingerprint density at radius 3 is 3.00 bits per heavy atom. The molecule has 0 bridgehead atoms. The molecule has 20 heavy (non-hydrogen) atoms. The summed E-state index contributed by atoms with van der Waals surface area (Å²) in [5.41, 5.74) is 0.929. The zero-order chi connectivity index (χ0) is 14.0. The lowest BCUT2D eigenvalue weighted by atomic mass is 10.0. The fourth-order valence-corrected chi connectivity index (χ4v) is 4.53. The number of hydrogen-bond acceptors (Lipinski definition) is 4. The number of piperidine rings is 1. The van der Waals surface area contributed by atoms with Crippen molar-refractivity contribution < 1.29 is 13.2 Å². The van der Waals surface area contributed by atoms with Crippen molar-refractivity contribution in [2.24, 2.45) is 5.92 Å². The SMILES string of the molecule is O=S(=O)(CC1CCCNC1)NC1COc2ccccc21. The Labute approximate surface area is 119 Å². The first kappa shape index (κ1) is 13.9. The van der Waals surface area contributed by atoms with Gasteiger partial charge in [0.25, 0.3) is 0 Å². The van der Waals surface area contributed by atoms with Crippen LogP contribution in [0.5, 0.6) is 5.75 Å². The highest BCUT2D eigenvalue weighted by molar-refractivity contribution is 7.89. The lowest BCUT2D eigenvalue weighted by Gasteiger charge is -2.23. The third-order valence-corrected chi connectivity index (χ3v) is 5.43. The first-order valence-corrected chi connectivity index (χ1v) is 8.72. The van der Waals surface area contributed by atoms with Gasteiger partial charge < -0.3 is 10.1 Å². The summed E-state index contributed by atoms with van der Waals surface area (Å²) >= 11 is 0. The van der Waals surface area contributed by atoms with Gasteiger partial charge in [0.2, 0.25) is 10.0 Å². The van der Waals surface area contributed by atoms with Crippen LogP contribution in [0.4, 0.5) is 0 Å². The van der Waals surface area contributed by atoms with Crippen LogP contribution in [0.2, 0.25) is 0 Å². The first-order valence-electron chi connectivity index (χ1n) is 7.06. The largest absolute Gasteiger partial charge is 0.491 e. The molecule has 1 aromatic rings. The van der Waals surface area contributed by atoms with Gasteiger partial charge >= 0.3 is 0 Å². The molecule has 1 saturated heterocycles. The zero-order valence-electron chi connectivity index (χ0n) is 11.3. The minimum Gasteiger partial charge on any atom is -0.491 e. The van der Waals surface area contributed by atoms with Crippen molar-refractivity contribution in [3.8, 4) is 5.75 Å². The number of sulfonamides is 1. The van der Waals surface area contributed by atoms with Gasteiger partial charge in [-0.15, -0.1) is 0 Å². The number of benzene rings is 1. The predicted octanol–water partition coefficient (Wildman–Crippen LogP) is 1.04. The Morgan fingerprint density at radius 2 is 2.20 bits per heavy atom. The molecule has 0 amide bonds. The van der Waals surface area contributed by atoms with Crippen molar-refractivity contribution in [3.05, 3.63) is 29.8 Å². The summed E-state index contributed by atoms with van der Waals surface area (Å²) in [5, 5.41) is 3.25. The minimum atomic E-state index is -3.28. The van der Waals surface area contributed by atoms with Crippen LogP contribution in [0.3, 0.4) is 0 Å². The average Bonchev–Trinajstić information content (AvgIpc) is 2.82. The Bertz CT molecular complexity index is 568. The van der Waals surface area contributed by atoms with E-state index < -0.39 is 10.0 Å². The molecule has 2 N–H and O–H groups in total. The smallest absolute Gasteiger partial charge is 0.212 e. The van der Waals surface area contributed by atoms with Gasteiger partial charge in [0, 0.05) is 5.56 Å². The number of nitrogens with one attached hydrogen (secondary N) is 2. The number of para-hydroxylation sites is 1. The van der Waals surface area contributed by atoms with Gasteiger partial charge in [-0.05, 0) is 37.9 Å². The predicted molar refractivity (Wildman–Crippen MR) is 77.2 cm³/mol. The highest BCUT2D eigenvalue weighted by Gasteiger charge is 2.29. The van der Waals surface area contributed by atoms with Crippen LogP contribution in [0.1, 0.15) is 24.4 Å². The van der Waals surface area contributed by atoms with E-state index in [1.165, 1.54) is 0 Å². The van der Waals surface area contributed by atoms with Crippen LogP contribution >= 0.6 is 0 Å². The zero-order valence-corrected chi connectivity index (χ0v) is 12.2. The van der Waals surface area contributed by atoms with E-state index in [0.29, 0.717) is 6.61 Å². The molecule has 1 aromatic carbocycles. The van der Waals surface area contributed by atoms with Gasteiger partial charge in [0.1, 0.15) is 12.4 Å². The van der Waals surface area contributed by atoms with Gasteiger partial charge in [0.15, 0.2) is 0 Å². The van der Waals surface area contributed by atoms with E-state index in [-0.39, 0.29) is 17.7 Å². The summed E-state index contributed by atoms with van der Waals surface area (Å²) in [4.78, 5) is 0. The third-order valence-electron chi connectivity index (χ3n) is 3.88. The van der Waals surface area contributed by atoms with E-state index in [2.05, 4.69) is 10.0 Å². The molecule has 2 atom stereocenters. The van der Waals surface area contributed by atoms with Gasteiger partial charge in [-0.25, -0.2) is 13.1 Å². The standard InChI is InChI=1S/C14H20N2O3S/c17-20(18,10-11-4-3-7-15-8-11)16-13-9-19-14-6-2-1-5-12(13)14/h1-2,5-6,11,13,15-16H,3-4,7-10H2. The van der Waals surface area contributed by atoms with Crippen LogP contribution in [-0.2, 0) is 10.0 Å². The second kappa shape index (κ2) is 5.71. The van der Waals surface area contributed by atoms with Crippen molar-refractivity contribution in [3.63, 3.8) is 0 Å². The molecule has 2 aliphatic rings.